The smallest absolute Gasteiger partial charge is 0.351 e. The molecule has 5 heterocycles. The van der Waals surface area contributed by atoms with Crippen LogP contribution in [0.3, 0.4) is 0 Å². The lowest BCUT2D eigenvalue weighted by Crippen LogP contribution is -2.54. The lowest BCUT2D eigenvalue weighted by atomic mass is 10.0. The van der Waals surface area contributed by atoms with Crippen molar-refractivity contribution in [3.8, 4) is 16.9 Å². The average Bonchev–Trinajstić information content (AvgIpc) is 3.04. The quantitative estimate of drug-likeness (QED) is 0.309. The number of carbonyl (C=O) groups is 2. The number of piperazine rings is 1. The summed E-state index contributed by atoms with van der Waals surface area (Å²) in [5, 5.41) is 0.218. The van der Waals surface area contributed by atoms with E-state index in [9.17, 15) is 14.4 Å². The number of hydrogen-bond acceptors (Lipinski definition) is 8. The molecule has 6 rings (SSSR count). The van der Waals surface area contributed by atoms with Crippen LogP contribution in [0.15, 0.2) is 58.9 Å². The van der Waals surface area contributed by atoms with Crippen molar-refractivity contribution in [3.05, 3.63) is 77.0 Å². The molecule has 1 fully saturated rings. The molecule has 0 saturated carbocycles. The van der Waals surface area contributed by atoms with E-state index in [1.165, 1.54) is 45.5 Å². The van der Waals surface area contributed by atoms with Gasteiger partial charge in [0.2, 0.25) is 5.91 Å². The molecule has 244 valence electrons. The number of nitrogens with zero attached hydrogens (tertiary/aromatic N) is 7. The van der Waals surface area contributed by atoms with Gasteiger partial charge >= 0.3 is 11.7 Å². The second-order valence-corrected chi connectivity index (χ2v) is 12.9. The van der Waals surface area contributed by atoms with E-state index in [4.69, 9.17) is 10.7 Å². The number of pyridine rings is 2. The van der Waals surface area contributed by atoms with Gasteiger partial charge in [-0.05, 0) is 55.4 Å². The fraction of sp³-hybridized carbons (Fsp3) is 0.333. The fourth-order valence-electron chi connectivity index (χ4n) is 6.24. The molecule has 14 heteroatoms. The molecule has 0 unspecified atom stereocenters. The summed E-state index contributed by atoms with van der Waals surface area (Å²) >= 11 is 1.46. The highest BCUT2D eigenvalue weighted by Crippen LogP contribution is 2.39. The van der Waals surface area contributed by atoms with Crippen molar-refractivity contribution in [1.82, 2.24) is 24.4 Å². The van der Waals surface area contributed by atoms with Crippen LogP contribution in [0.4, 0.5) is 25.1 Å². The first kappa shape index (κ1) is 32.1. The Labute approximate surface area is 274 Å². The summed E-state index contributed by atoms with van der Waals surface area (Å²) in [6.45, 7) is 10.5. The highest BCUT2D eigenvalue weighted by molar-refractivity contribution is 7.99. The van der Waals surface area contributed by atoms with Crippen LogP contribution in [0.2, 0.25) is 0 Å². The third-order valence-electron chi connectivity index (χ3n) is 8.44. The molecule has 47 heavy (non-hydrogen) atoms. The molecule has 3 amide bonds. The number of amides is 3. The Hall–Kier alpha value is -4.85. The number of thioether (sulfide) groups is 1. The van der Waals surface area contributed by atoms with Crippen molar-refractivity contribution >= 4 is 46.2 Å². The lowest BCUT2D eigenvalue weighted by Gasteiger charge is -2.40. The summed E-state index contributed by atoms with van der Waals surface area (Å²) < 4.78 is 33.5. The van der Waals surface area contributed by atoms with Gasteiger partial charge in [-0.2, -0.15) is 4.98 Å². The molecule has 2 bridgehead atoms. The van der Waals surface area contributed by atoms with Gasteiger partial charge in [0, 0.05) is 43.3 Å². The lowest BCUT2D eigenvalue weighted by molar-refractivity contribution is -0.126. The molecule has 1 atom stereocenters. The Morgan fingerprint density at radius 3 is 2.62 bits per heavy atom. The number of fused-ring (bicyclic) bond motifs is 5. The molecule has 3 aromatic heterocycles. The zero-order valence-corrected chi connectivity index (χ0v) is 27.1. The molecule has 1 saturated heterocycles. The maximum absolute atomic E-state index is 16.4. The Bertz CT molecular complexity index is 1980. The molecule has 2 aliphatic heterocycles. The van der Waals surface area contributed by atoms with Gasteiger partial charge in [0.15, 0.2) is 11.5 Å². The number of benzene rings is 1. The maximum Gasteiger partial charge on any atom is 0.355 e. The van der Waals surface area contributed by atoms with Crippen LogP contribution >= 0.6 is 11.8 Å². The summed E-state index contributed by atoms with van der Waals surface area (Å²) in [5.41, 5.74) is 5.62. The number of anilines is 2. The zero-order valence-electron chi connectivity index (χ0n) is 26.2. The Morgan fingerprint density at radius 1 is 1.13 bits per heavy atom. The molecular formula is C33H34F2N8O3S. The van der Waals surface area contributed by atoms with Gasteiger partial charge in [-0.25, -0.2) is 27.9 Å². The first-order chi connectivity index (χ1) is 22.5. The number of halogens is 2. The van der Waals surface area contributed by atoms with Crippen molar-refractivity contribution in [1.29, 1.82) is 0 Å². The summed E-state index contributed by atoms with van der Waals surface area (Å²) in [6.07, 6.45) is 3.37. The number of nitrogens with two attached hydrogens (primary N) is 1. The Morgan fingerprint density at radius 2 is 1.91 bits per heavy atom. The van der Waals surface area contributed by atoms with Crippen LogP contribution in [-0.4, -0.2) is 74.3 Å². The van der Waals surface area contributed by atoms with Gasteiger partial charge in [0.25, 0.3) is 0 Å². The summed E-state index contributed by atoms with van der Waals surface area (Å²) in [4.78, 5) is 58.6. The van der Waals surface area contributed by atoms with Gasteiger partial charge in [-0.15, -0.1) is 11.8 Å². The van der Waals surface area contributed by atoms with E-state index in [0.717, 1.165) is 6.07 Å². The van der Waals surface area contributed by atoms with Crippen LogP contribution in [0, 0.1) is 11.6 Å². The van der Waals surface area contributed by atoms with Crippen LogP contribution in [0.1, 0.15) is 38.8 Å². The van der Waals surface area contributed by atoms with E-state index in [0.29, 0.717) is 48.1 Å². The van der Waals surface area contributed by atoms with Gasteiger partial charge in [-0.1, -0.05) is 26.5 Å². The summed E-state index contributed by atoms with van der Waals surface area (Å²) in [5.74, 6) is -1.33. The van der Waals surface area contributed by atoms with Crippen LogP contribution in [-0.2, 0) is 4.79 Å². The van der Waals surface area contributed by atoms with E-state index < -0.39 is 23.4 Å². The SMILES string of the molecule is C=CC(=O)N1CCN(c2nc(=O)n3c4nc(c(F)cc24)-c2c(F)cccc2N(C(N)=O)CCCSc2ccnc(C(C)C)c2-3)[C@@H](C)C1. The van der Waals surface area contributed by atoms with E-state index in [1.807, 2.05) is 25.7 Å². The number of hydrogen-bond donors (Lipinski definition) is 1. The number of carbonyl (C=O) groups excluding carboxylic acids is 2. The first-order valence-corrected chi connectivity index (χ1v) is 16.3. The van der Waals surface area contributed by atoms with Crippen molar-refractivity contribution in [2.45, 2.75) is 44.0 Å². The molecule has 0 aliphatic carbocycles. The van der Waals surface area contributed by atoms with Gasteiger partial charge in [0.1, 0.15) is 17.3 Å². The zero-order chi connectivity index (χ0) is 33.6. The fourth-order valence-corrected chi connectivity index (χ4v) is 7.23. The van der Waals surface area contributed by atoms with Crippen molar-refractivity contribution in [3.63, 3.8) is 0 Å². The highest BCUT2D eigenvalue weighted by Gasteiger charge is 2.32. The van der Waals surface area contributed by atoms with Crippen molar-refractivity contribution < 1.29 is 18.4 Å². The Kier molecular flexibility index (Phi) is 8.70. The van der Waals surface area contributed by atoms with Crippen molar-refractivity contribution in [2.24, 2.45) is 5.73 Å². The molecule has 2 N–H and O–H groups in total. The maximum atomic E-state index is 16.4. The van der Waals surface area contributed by atoms with Gasteiger partial charge < -0.3 is 15.5 Å². The monoisotopic (exact) mass is 660 g/mol. The third-order valence-corrected chi connectivity index (χ3v) is 9.58. The van der Waals surface area contributed by atoms with Crippen molar-refractivity contribution in [2.75, 3.05) is 41.7 Å². The highest BCUT2D eigenvalue weighted by atomic mass is 32.2. The Balaban J connectivity index is 1.70. The molecule has 4 aromatic rings. The minimum atomic E-state index is -0.880. The van der Waals surface area contributed by atoms with Crippen LogP contribution < -0.4 is 21.2 Å². The van der Waals surface area contributed by atoms with Crippen LogP contribution in [0.25, 0.3) is 28.0 Å². The molecule has 1 aromatic carbocycles. The van der Waals surface area contributed by atoms with E-state index >= 15 is 8.78 Å². The molecule has 0 spiro atoms. The second-order valence-electron chi connectivity index (χ2n) is 11.8. The van der Waals surface area contributed by atoms with E-state index in [-0.39, 0.29) is 58.2 Å². The largest absolute Gasteiger partial charge is 0.355 e. The summed E-state index contributed by atoms with van der Waals surface area (Å²) in [7, 11) is 0. The molecular weight excluding hydrogens is 626 g/mol. The standard InChI is InChI=1S/C33H34F2N8O3S/c1-5-25(44)40-13-14-41(19(4)17-40)30-20-16-22(35)28-26-21(34)8-6-9-23(26)42(32(36)45)12-7-15-47-24-10-11-37-27(18(2)3)29(24)43(31(20)38-28)33(46)39-30/h5-6,8-11,16,18-19H,1,7,12-15,17H2,2-4H3,(H2,36,45)/t19-/m0/s1. The molecule has 2 aliphatic rings. The minimum Gasteiger partial charge on any atom is -0.351 e. The normalized spacial score (nSPS) is 16.7. The van der Waals surface area contributed by atoms with Crippen LogP contribution in [0.5, 0.6) is 0 Å². The number of primary amides is 1. The molecule has 0 radical (unpaired) electrons. The minimum absolute atomic E-state index is 0.0454. The average molecular weight is 661 g/mol. The van der Waals surface area contributed by atoms with E-state index in [2.05, 4.69) is 16.5 Å². The van der Waals surface area contributed by atoms with E-state index in [1.54, 1.807) is 17.2 Å². The first-order valence-electron chi connectivity index (χ1n) is 15.3. The second kappa shape index (κ2) is 12.7. The number of rotatable bonds is 3. The predicted octanol–water partition coefficient (Wildman–Crippen LogP) is 4.85. The molecule has 11 nitrogen and oxygen atoms in total. The number of aromatic nitrogens is 4. The predicted molar refractivity (Wildman–Crippen MR) is 178 cm³/mol. The van der Waals surface area contributed by atoms with Gasteiger partial charge in [-0.3, -0.25) is 14.7 Å². The number of urea groups is 1. The summed E-state index contributed by atoms with van der Waals surface area (Å²) in [6, 6.07) is 5.94. The third kappa shape index (κ3) is 5.70. The topological polar surface area (TPSA) is 131 Å². The van der Waals surface area contributed by atoms with Gasteiger partial charge in [0.05, 0.1) is 28.0 Å².